The predicted octanol–water partition coefficient (Wildman–Crippen LogP) is 2.97. The van der Waals surface area contributed by atoms with Gasteiger partial charge >= 0.3 is 0 Å². The lowest BCUT2D eigenvalue weighted by molar-refractivity contribution is 0.145. The van der Waals surface area contributed by atoms with E-state index in [1.54, 1.807) is 0 Å². The third-order valence-corrected chi connectivity index (χ3v) is 3.81. The molecular weight excluding hydrogens is 215 g/mol. The number of hydrogen-bond donors (Lipinski definition) is 1. The molecule has 1 N–H and O–H groups in total. The van der Waals surface area contributed by atoms with Crippen molar-refractivity contribution < 1.29 is 4.39 Å². The van der Waals surface area contributed by atoms with E-state index in [2.05, 4.69) is 31.1 Å². The summed E-state index contributed by atoms with van der Waals surface area (Å²) >= 11 is 0. The van der Waals surface area contributed by atoms with Gasteiger partial charge in [-0.05, 0) is 50.6 Å². The number of anilines is 1. The zero-order valence-corrected chi connectivity index (χ0v) is 10.8. The van der Waals surface area contributed by atoms with E-state index in [-0.39, 0.29) is 5.82 Å². The molecular formula is C14H21FN2. The van der Waals surface area contributed by atoms with Crippen LogP contribution >= 0.6 is 0 Å². The van der Waals surface area contributed by atoms with E-state index in [0.29, 0.717) is 18.0 Å². The van der Waals surface area contributed by atoms with Crippen LogP contribution in [0, 0.1) is 11.7 Å². The fourth-order valence-corrected chi connectivity index (χ4v) is 2.50. The van der Waals surface area contributed by atoms with Gasteiger partial charge in [-0.1, -0.05) is 6.92 Å². The second kappa shape index (κ2) is 5.05. The third kappa shape index (κ3) is 2.97. The number of nitrogens with zero attached hydrogens (tertiary/aromatic N) is 1. The molecule has 3 heteroatoms. The Hall–Kier alpha value is -1.09. The van der Waals surface area contributed by atoms with E-state index in [9.17, 15) is 4.39 Å². The van der Waals surface area contributed by atoms with Crippen LogP contribution in [0.1, 0.15) is 20.3 Å². The molecule has 0 radical (unpaired) electrons. The SMILES string of the molecule is CC1CN(C)C(C)CC1Nc1ccc(F)cc1. The van der Waals surface area contributed by atoms with E-state index in [1.807, 2.05) is 12.1 Å². The van der Waals surface area contributed by atoms with Crippen LogP contribution in [-0.4, -0.2) is 30.6 Å². The largest absolute Gasteiger partial charge is 0.382 e. The summed E-state index contributed by atoms with van der Waals surface area (Å²) in [6, 6.07) is 7.71. The van der Waals surface area contributed by atoms with Crippen LogP contribution in [0.2, 0.25) is 0 Å². The summed E-state index contributed by atoms with van der Waals surface area (Å²) in [6.45, 7) is 5.63. The summed E-state index contributed by atoms with van der Waals surface area (Å²) in [7, 11) is 2.18. The summed E-state index contributed by atoms with van der Waals surface area (Å²) in [4.78, 5) is 2.40. The molecule has 17 heavy (non-hydrogen) atoms. The molecule has 0 spiro atoms. The molecule has 94 valence electrons. The van der Waals surface area contributed by atoms with E-state index in [0.717, 1.165) is 18.7 Å². The van der Waals surface area contributed by atoms with Crippen molar-refractivity contribution in [2.24, 2.45) is 5.92 Å². The summed E-state index contributed by atoms with van der Waals surface area (Å²) in [6.07, 6.45) is 1.13. The maximum absolute atomic E-state index is 12.8. The number of rotatable bonds is 2. The summed E-state index contributed by atoms with van der Waals surface area (Å²) in [5.74, 6) is 0.432. The lowest BCUT2D eigenvalue weighted by Gasteiger charge is -2.40. The fraction of sp³-hybridized carbons (Fsp3) is 0.571. The lowest BCUT2D eigenvalue weighted by Crippen LogP contribution is -2.48. The van der Waals surface area contributed by atoms with E-state index < -0.39 is 0 Å². The number of benzene rings is 1. The van der Waals surface area contributed by atoms with Gasteiger partial charge in [-0.25, -0.2) is 4.39 Å². The summed E-state index contributed by atoms with van der Waals surface area (Å²) < 4.78 is 12.8. The van der Waals surface area contributed by atoms with E-state index in [4.69, 9.17) is 0 Å². The number of halogens is 1. The van der Waals surface area contributed by atoms with Crippen molar-refractivity contribution in [3.05, 3.63) is 30.1 Å². The van der Waals surface area contributed by atoms with Gasteiger partial charge in [-0.15, -0.1) is 0 Å². The third-order valence-electron chi connectivity index (χ3n) is 3.81. The molecule has 1 aromatic carbocycles. The maximum atomic E-state index is 12.8. The topological polar surface area (TPSA) is 15.3 Å². The average molecular weight is 236 g/mol. The van der Waals surface area contributed by atoms with Crippen LogP contribution in [0.25, 0.3) is 0 Å². The Morgan fingerprint density at radius 1 is 1.24 bits per heavy atom. The van der Waals surface area contributed by atoms with Crippen molar-refractivity contribution in [2.45, 2.75) is 32.4 Å². The Morgan fingerprint density at radius 2 is 1.88 bits per heavy atom. The van der Waals surface area contributed by atoms with Crippen molar-refractivity contribution in [1.29, 1.82) is 0 Å². The van der Waals surface area contributed by atoms with Crippen LogP contribution < -0.4 is 5.32 Å². The van der Waals surface area contributed by atoms with Gasteiger partial charge < -0.3 is 10.2 Å². The van der Waals surface area contributed by atoms with Crippen molar-refractivity contribution in [3.8, 4) is 0 Å². The number of nitrogens with one attached hydrogen (secondary N) is 1. The van der Waals surface area contributed by atoms with Gasteiger partial charge in [0.2, 0.25) is 0 Å². The Balaban J connectivity index is 2.00. The Bertz CT molecular complexity index is 363. The molecule has 1 aliphatic rings. The maximum Gasteiger partial charge on any atom is 0.123 e. The smallest absolute Gasteiger partial charge is 0.123 e. The molecule has 0 aromatic heterocycles. The standard InChI is InChI=1S/C14H21FN2/c1-10-9-17(3)11(2)8-14(10)16-13-6-4-12(15)5-7-13/h4-7,10-11,14,16H,8-9H2,1-3H3. The minimum atomic E-state index is -0.180. The molecule has 0 amide bonds. The first-order valence-electron chi connectivity index (χ1n) is 6.28. The Kier molecular flexibility index (Phi) is 3.67. The fourth-order valence-electron chi connectivity index (χ4n) is 2.50. The zero-order valence-electron chi connectivity index (χ0n) is 10.8. The molecule has 0 aliphatic carbocycles. The van der Waals surface area contributed by atoms with Crippen LogP contribution in [0.4, 0.5) is 10.1 Å². The molecule has 0 bridgehead atoms. The zero-order chi connectivity index (χ0) is 12.4. The monoisotopic (exact) mass is 236 g/mol. The highest BCUT2D eigenvalue weighted by Crippen LogP contribution is 2.24. The van der Waals surface area contributed by atoms with Gasteiger partial charge in [-0.2, -0.15) is 0 Å². The minimum Gasteiger partial charge on any atom is -0.382 e. The molecule has 2 rings (SSSR count). The summed E-state index contributed by atoms with van der Waals surface area (Å²) in [5.41, 5.74) is 1.01. The highest BCUT2D eigenvalue weighted by molar-refractivity contribution is 5.44. The van der Waals surface area contributed by atoms with Gasteiger partial charge in [0, 0.05) is 24.3 Å². The van der Waals surface area contributed by atoms with E-state index in [1.165, 1.54) is 12.1 Å². The van der Waals surface area contributed by atoms with Crippen LogP contribution in [0.3, 0.4) is 0 Å². The van der Waals surface area contributed by atoms with Crippen molar-refractivity contribution in [3.63, 3.8) is 0 Å². The first-order chi connectivity index (χ1) is 8.06. The second-order valence-electron chi connectivity index (χ2n) is 5.26. The first-order valence-corrected chi connectivity index (χ1v) is 6.28. The quantitative estimate of drug-likeness (QED) is 0.849. The number of piperidine rings is 1. The van der Waals surface area contributed by atoms with Gasteiger partial charge in [0.25, 0.3) is 0 Å². The normalized spacial score (nSPS) is 30.2. The molecule has 3 atom stereocenters. The van der Waals surface area contributed by atoms with Gasteiger partial charge in [0.1, 0.15) is 5.82 Å². The molecule has 2 nitrogen and oxygen atoms in total. The molecule has 1 fully saturated rings. The average Bonchev–Trinajstić information content (AvgIpc) is 2.29. The highest BCUT2D eigenvalue weighted by Gasteiger charge is 2.28. The molecule has 3 unspecified atom stereocenters. The number of likely N-dealkylation sites (tertiary alicyclic amines) is 1. The van der Waals surface area contributed by atoms with Gasteiger partial charge in [-0.3, -0.25) is 0 Å². The predicted molar refractivity (Wildman–Crippen MR) is 69.7 cm³/mol. The van der Waals surface area contributed by atoms with E-state index >= 15 is 0 Å². The number of hydrogen-bond acceptors (Lipinski definition) is 2. The molecule has 1 saturated heterocycles. The van der Waals surface area contributed by atoms with Crippen LogP contribution in [0.5, 0.6) is 0 Å². The highest BCUT2D eigenvalue weighted by atomic mass is 19.1. The van der Waals surface area contributed by atoms with Crippen molar-refractivity contribution >= 4 is 5.69 Å². The Morgan fingerprint density at radius 3 is 2.53 bits per heavy atom. The van der Waals surface area contributed by atoms with Crippen molar-refractivity contribution in [2.75, 3.05) is 18.9 Å². The van der Waals surface area contributed by atoms with Crippen molar-refractivity contribution in [1.82, 2.24) is 4.90 Å². The van der Waals surface area contributed by atoms with Crippen LogP contribution in [0.15, 0.2) is 24.3 Å². The second-order valence-corrected chi connectivity index (χ2v) is 5.26. The summed E-state index contributed by atoms with van der Waals surface area (Å²) in [5, 5.41) is 3.52. The molecule has 0 saturated carbocycles. The van der Waals surface area contributed by atoms with Crippen LogP contribution in [-0.2, 0) is 0 Å². The Labute approximate surface area is 103 Å². The minimum absolute atomic E-state index is 0.180. The van der Waals surface area contributed by atoms with Gasteiger partial charge in [0.15, 0.2) is 0 Å². The molecule has 1 aliphatic heterocycles. The molecule has 1 heterocycles. The lowest BCUT2D eigenvalue weighted by atomic mass is 9.89. The first kappa shape index (κ1) is 12.4. The molecule has 1 aromatic rings. The van der Waals surface area contributed by atoms with Gasteiger partial charge in [0.05, 0.1) is 0 Å².